The quantitative estimate of drug-likeness (QED) is 0.371. The van der Waals surface area contributed by atoms with E-state index in [-0.39, 0.29) is 5.41 Å². The molecule has 2 nitrogen and oxygen atoms in total. The molecule has 0 saturated heterocycles. The molecule has 3 rings (SSSR count). The highest BCUT2D eigenvalue weighted by atomic mass is 16.5. The molecule has 0 spiro atoms. The van der Waals surface area contributed by atoms with Gasteiger partial charge in [-0.3, -0.25) is 0 Å². The van der Waals surface area contributed by atoms with E-state index < -0.39 is 0 Å². The van der Waals surface area contributed by atoms with Gasteiger partial charge in [0.05, 0.1) is 14.2 Å². The van der Waals surface area contributed by atoms with E-state index in [2.05, 4.69) is 93.5 Å². The summed E-state index contributed by atoms with van der Waals surface area (Å²) in [5.41, 5.74) is 3.48. The zero-order valence-electron chi connectivity index (χ0n) is 24.4. The monoisotopic (exact) mass is 478 g/mol. The minimum Gasteiger partial charge on any atom is -0.497 e. The molecule has 0 aliphatic carbocycles. The number of hydrogen-bond donors (Lipinski definition) is 0. The summed E-state index contributed by atoms with van der Waals surface area (Å²) in [6.45, 7) is 21.9. The van der Waals surface area contributed by atoms with Crippen molar-refractivity contribution in [3.05, 3.63) is 96.1 Å². The summed E-state index contributed by atoms with van der Waals surface area (Å²) in [5, 5.41) is 0. The average Bonchev–Trinajstić information content (AvgIpc) is 2.78. The van der Waals surface area contributed by atoms with Gasteiger partial charge in [-0.25, -0.2) is 0 Å². The molecule has 0 N–H and O–H groups in total. The summed E-state index contributed by atoms with van der Waals surface area (Å²) in [7, 11) is 3.37. The molecular formula is C33H50O2. The normalized spacial score (nSPS) is 10.9. The lowest BCUT2D eigenvalue weighted by molar-refractivity contribution is 0.414. The van der Waals surface area contributed by atoms with Crippen molar-refractivity contribution in [2.45, 2.75) is 74.7 Å². The fourth-order valence-corrected chi connectivity index (χ4v) is 2.57. The van der Waals surface area contributed by atoms with Crippen molar-refractivity contribution >= 4 is 0 Å². The molecule has 0 bridgehead atoms. The number of ether oxygens (including phenoxy) is 2. The first-order valence-electron chi connectivity index (χ1n) is 12.4. The van der Waals surface area contributed by atoms with Crippen molar-refractivity contribution in [2.75, 3.05) is 14.2 Å². The number of rotatable bonds is 4. The Kier molecular flexibility index (Phi) is 14.1. The van der Waals surface area contributed by atoms with Gasteiger partial charge in [0, 0.05) is 5.41 Å². The van der Waals surface area contributed by atoms with Crippen LogP contribution in [0, 0.1) is 10.8 Å². The first-order valence-corrected chi connectivity index (χ1v) is 12.4. The van der Waals surface area contributed by atoms with Crippen LogP contribution in [-0.2, 0) is 5.41 Å². The molecule has 194 valence electrons. The Bertz CT molecular complexity index is 794. The van der Waals surface area contributed by atoms with Crippen molar-refractivity contribution in [1.82, 2.24) is 0 Å². The topological polar surface area (TPSA) is 18.5 Å². The van der Waals surface area contributed by atoms with Crippen LogP contribution in [0.15, 0.2) is 84.9 Å². The van der Waals surface area contributed by atoms with E-state index in [1.807, 2.05) is 60.7 Å². The Morgan fingerprint density at radius 1 is 0.400 bits per heavy atom. The van der Waals surface area contributed by atoms with Crippen molar-refractivity contribution < 1.29 is 9.47 Å². The zero-order valence-corrected chi connectivity index (χ0v) is 24.4. The first-order chi connectivity index (χ1) is 16.1. The van der Waals surface area contributed by atoms with Crippen LogP contribution in [0.2, 0.25) is 0 Å². The van der Waals surface area contributed by atoms with Crippen molar-refractivity contribution in [3.8, 4) is 11.5 Å². The van der Waals surface area contributed by atoms with Crippen LogP contribution in [0.4, 0.5) is 0 Å². The molecule has 35 heavy (non-hydrogen) atoms. The Labute approximate surface area is 216 Å². The second-order valence-electron chi connectivity index (χ2n) is 12.2. The predicted octanol–water partition coefficient (Wildman–Crippen LogP) is 9.82. The fraction of sp³-hybridized carbons (Fsp3) is 0.455. The molecule has 2 heteroatoms. The summed E-state index contributed by atoms with van der Waals surface area (Å²) in [4.78, 5) is 0. The predicted molar refractivity (Wildman–Crippen MR) is 155 cm³/mol. The largest absolute Gasteiger partial charge is 0.497 e. The van der Waals surface area contributed by atoms with Gasteiger partial charge in [0.2, 0.25) is 0 Å². The summed E-state index contributed by atoms with van der Waals surface area (Å²) in [5.74, 6) is 1.77. The van der Waals surface area contributed by atoms with E-state index in [1.165, 1.54) is 11.1 Å². The molecule has 3 aromatic rings. The Hall–Kier alpha value is -2.74. The van der Waals surface area contributed by atoms with Gasteiger partial charge in [-0.1, -0.05) is 130 Å². The van der Waals surface area contributed by atoms with Gasteiger partial charge in [0.25, 0.3) is 0 Å². The lowest BCUT2D eigenvalue weighted by atomic mass is 9.78. The Morgan fingerprint density at radius 2 is 0.600 bits per heavy atom. The van der Waals surface area contributed by atoms with E-state index in [4.69, 9.17) is 9.47 Å². The van der Waals surface area contributed by atoms with Crippen molar-refractivity contribution in [2.24, 2.45) is 10.8 Å². The van der Waals surface area contributed by atoms with Crippen LogP contribution >= 0.6 is 0 Å². The van der Waals surface area contributed by atoms with E-state index in [0.717, 1.165) is 11.5 Å². The highest BCUT2D eigenvalue weighted by Crippen LogP contribution is 2.33. The second-order valence-corrected chi connectivity index (χ2v) is 12.2. The van der Waals surface area contributed by atoms with E-state index in [1.54, 1.807) is 14.2 Å². The molecule has 3 aromatic carbocycles. The van der Waals surface area contributed by atoms with Crippen LogP contribution in [-0.4, -0.2) is 14.2 Å². The van der Waals surface area contributed by atoms with Gasteiger partial charge in [0.15, 0.2) is 0 Å². The summed E-state index contributed by atoms with van der Waals surface area (Å²) in [6, 6.07) is 28.5. The minimum atomic E-state index is -0.0431. The summed E-state index contributed by atoms with van der Waals surface area (Å²) >= 11 is 0. The molecule has 0 fully saturated rings. The molecule has 0 unspecified atom stereocenters. The van der Waals surface area contributed by atoms with Gasteiger partial charge in [0.1, 0.15) is 11.5 Å². The van der Waals surface area contributed by atoms with E-state index in [0.29, 0.717) is 10.8 Å². The Balaban J connectivity index is 0.000000586. The van der Waals surface area contributed by atoms with Gasteiger partial charge in [-0.15, -0.1) is 0 Å². The number of hydrogen-bond acceptors (Lipinski definition) is 2. The summed E-state index contributed by atoms with van der Waals surface area (Å²) in [6.07, 6.45) is 0. The maximum atomic E-state index is 5.20. The highest BCUT2D eigenvalue weighted by molar-refractivity contribution is 5.41. The van der Waals surface area contributed by atoms with Crippen LogP contribution < -0.4 is 9.47 Å². The average molecular weight is 479 g/mol. The molecule has 0 radical (unpaired) electrons. The third-order valence-electron chi connectivity index (χ3n) is 4.29. The van der Waals surface area contributed by atoms with Crippen molar-refractivity contribution in [1.29, 1.82) is 0 Å². The Morgan fingerprint density at radius 3 is 0.771 bits per heavy atom. The molecular weight excluding hydrogens is 428 g/mol. The maximum absolute atomic E-state index is 5.20. The molecule has 0 atom stereocenters. The third kappa shape index (κ3) is 17.4. The highest BCUT2D eigenvalue weighted by Gasteiger charge is 2.22. The third-order valence-corrected chi connectivity index (χ3v) is 4.29. The minimum absolute atomic E-state index is 0.0431. The first kappa shape index (κ1) is 32.3. The molecule has 0 aliphatic rings. The summed E-state index contributed by atoms with van der Waals surface area (Å²) < 4.78 is 10.4. The molecule has 0 heterocycles. The second kappa shape index (κ2) is 15.3. The lowest BCUT2D eigenvalue weighted by Crippen LogP contribution is -2.18. The molecule has 0 saturated carbocycles. The maximum Gasteiger partial charge on any atom is 0.118 e. The van der Waals surface area contributed by atoms with Crippen LogP contribution in [0.3, 0.4) is 0 Å². The van der Waals surface area contributed by atoms with Crippen LogP contribution in [0.25, 0.3) is 0 Å². The van der Waals surface area contributed by atoms with Gasteiger partial charge >= 0.3 is 0 Å². The zero-order chi connectivity index (χ0) is 27.1. The van der Waals surface area contributed by atoms with E-state index in [9.17, 15) is 0 Å². The van der Waals surface area contributed by atoms with Crippen LogP contribution in [0.1, 0.15) is 80.4 Å². The smallest absolute Gasteiger partial charge is 0.118 e. The molecule has 0 aromatic heterocycles. The SMILES string of the molecule is CC(C)(C)C.CC(C)(C)C.COc1ccc(C(C)(C)c2ccc(OC)cc2)cc1.c1ccccc1. The number of benzene rings is 3. The molecule has 0 aliphatic heterocycles. The standard InChI is InChI=1S/C17H20O2.C6H6.2C5H12/c1-17(2,13-5-9-15(18-3)10-6-13)14-7-11-16(19-4)12-8-14;1-2-4-6-5-3-1;2*1-5(2,3)4/h5-12H,1-4H3;1-6H;2*1-4H3. The number of methoxy groups -OCH3 is 2. The van der Waals surface area contributed by atoms with Gasteiger partial charge < -0.3 is 9.47 Å². The lowest BCUT2D eigenvalue weighted by Gasteiger charge is -2.26. The van der Waals surface area contributed by atoms with Crippen molar-refractivity contribution in [3.63, 3.8) is 0 Å². The molecule has 0 amide bonds. The van der Waals surface area contributed by atoms with E-state index >= 15 is 0 Å². The van der Waals surface area contributed by atoms with Crippen LogP contribution in [0.5, 0.6) is 11.5 Å². The van der Waals surface area contributed by atoms with Gasteiger partial charge in [-0.2, -0.15) is 0 Å². The van der Waals surface area contributed by atoms with Gasteiger partial charge in [-0.05, 0) is 46.2 Å². The fourth-order valence-electron chi connectivity index (χ4n) is 2.57.